The van der Waals surface area contributed by atoms with E-state index < -0.39 is 17.5 Å². The van der Waals surface area contributed by atoms with E-state index in [1.807, 2.05) is 49.0 Å². The fourth-order valence-corrected chi connectivity index (χ4v) is 4.23. The number of carbonyl (C=O) groups excluding carboxylic acids is 1. The zero-order valence-corrected chi connectivity index (χ0v) is 19.6. The number of benzene rings is 2. The van der Waals surface area contributed by atoms with Gasteiger partial charge in [-0.25, -0.2) is 8.78 Å². The third-order valence-electron chi connectivity index (χ3n) is 4.98. The minimum atomic E-state index is -0.708. The third kappa shape index (κ3) is 4.93. The average Bonchev–Trinajstić information content (AvgIpc) is 3.42. The van der Waals surface area contributed by atoms with Gasteiger partial charge in [0.15, 0.2) is 11.0 Å². The Morgan fingerprint density at radius 2 is 2.00 bits per heavy atom. The Kier molecular flexibility index (Phi) is 6.92. The van der Waals surface area contributed by atoms with Gasteiger partial charge in [-0.2, -0.15) is 5.10 Å². The number of hydrogen-bond acceptors (Lipinski definition) is 6. The van der Waals surface area contributed by atoms with Crippen LogP contribution in [0.2, 0.25) is 0 Å². The van der Waals surface area contributed by atoms with Gasteiger partial charge in [-0.3, -0.25) is 9.48 Å². The lowest BCUT2D eigenvalue weighted by atomic mass is 10.1. The van der Waals surface area contributed by atoms with Crippen LogP contribution in [0, 0.1) is 11.6 Å². The van der Waals surface area contributed by atoms with Gasteiger partial charge >= 0.3 is 0 Å². The summed E-state index contributed by atoms with van der Waals surface area (Å²) in [6.07, 6.45) is 1.86. The van der Waals surface area contributed by atoms with Gasteiger partial charge in [0, 0.05) is 31.4 Å². The van der Waals surface area contributed by atoms with E-state index in [0.717, 1.165) is 46.8 Å². The molecule has 34 heavy (non-hydrogen) atoms. The van der Waals surface area contributed by atoms with Crippen molar-refractivity contribution >= 4 is 23.4 Å². The maximum atomic E-state index is 13.8. The number of aromatic nitrogens is 5. The molecule has 2 aromatic heterocycles. The number of amides is 1. The lowest BCUT2D eigenvalue weighted by Crippen LogP contribution is -2.15. The van der Waals surface area contributed by atoms with Crippen molar-refractivity contribution in [3.8, 4) is 28.4 Å². The first kappa shape index (κ1) is 23.4. The lowest BCUT2D eigenvalue weighted by Gasteiger charge is -2.09. The van der Waals surface area contributed by atoms with E-state index in [0.29, 0.717) is 23.3 Å². The van der Waals surface area contributed by atoms with Crippen LogP contribution in [0.4, 0.5) is 14.5 Å². The molecule has 4 rings (SSSR count). The first-order valence-electron chi connectivity index (χ1n) is 10.4. The quantitative estimate of drug-likeness (QED) is 0.374. The van der Waals surface area contributed by atoms with E-state index in [9.17, 15) is 13.6 Å². The van der Waals surface area contributed by atoms with Gasteiger partial charge in [0.2, 0.25) is 5.91 Å². The van der Waals surface area contributed by atoms with Gasteiger partial charge in [-0.15, -0.1) is 10.2 Å². The van der Waals surface area contributed by atoms with E-state index in [1.54, 1.807) is 11.8 Å². The van der Waals surface area contributed by atoms with Crippen molar-refractivity contribution in [1.29, 1.82) is 0 Å². The van der Waals surface area contributed by atoms with Crippen LogP contribution in [0.3, 0.4) is 0 Å². The van der Waals surface area contributed by atoms with Crippen molar-refractivity contribution < 1.29 is 18.3 Å². The first-order chi connectivity index (χ1) is 16.4. The summed E-state index contributed by atoms with van der Waals surface area (Å²) in [5.41, 5.74) is 2.16. The van der Waals surface area contributed by atoms with Crippen LogP contribution in [0.1, 0.15) is 6.92 Å². The highest BCUT2D eigenvalue weighted by molar-refractivity contribution is 7.99. The number of halogens is 2. The van der Waals surface area contributed by atoms with Crippen LogP contribution < -0.4 is 10.1 Å². The molecular formula is C23H22F2N6O2S. The van der Waals surface area contributed by atoms with E-state index >= 15 is 0 Å². The molecule has 0 radical (unpaired) electrons. The molecule has 1 amide bonds. The van der Waals surface area contributed by atoms with Gasteiger partial charge in [0.05, 0.1) is 24.1 Å². The normalized spacial score (nSPS) is 11.0. The molecule has 176 valence electrons. The molecule has 4 aromatic rings. The SMILES string of the molecule is CCn1c(SCC(=O)Nc2cc(F)ccc2F)nnc1-c1cn(C)nc1-c1cccc(OC)c1. The summed E-state index contributed by atoms with van der Waals surface area (Å²) in [6.45, 7) is 2.50. The number of hydrogen-bond donors (Lipinski definition) is 1. The molecule has 0 atom stereocenters. The first-order valence-corrected chi connectivity index (χ1v) is 11.4. The molecule has 0 spiro atoms. The second kappa shape index (κ2) is 10.0. The summed E-state index contributed by atoms with van der Waals surface area (Å²) in [4.78, 5) is 12.3. The molecule has 2 heterocycles. The van der Waals surface area contributed by atoms with Gasteiger partial charge in [0.1, 0.15) is 23.1 Å². The van der Waals surface area contributed by atoms with Crippen LogP contribution in [0.15, 0.2) is 53.8 Å². The Morgan fingerprint density at radius 3 is 2.76 bits per heavy atom. The van der Waals surface area contributed by atoms with Crippen LogP contribution in [-0.2, 0) is 18.4 Å². The van der Waals surface area contributed by atoms with Crippen molar-refractivity contribution in [1.82, 2.24) is 24.5 Å². The monoisotopic (exact) mass is 484 g/mol. The van der Waals surface area contributed by atoms with Crippen molar-refractivity contribution in [3.63, 3.8) is 0 Å². The molecule has 0 aliphatic rings. The summed E-state index contributed by atoms with van der Waals surface area (Å²) in [5.74, 6) is -0.566. The fourth-order valence-electron chi connectivity index (χ4n) is 3.43. The summed E-state index contributed by atoms with van der Waals surface area (Å²) in [6, 6.07) is 10.5. The van der Waals surface area contributed by atoms with Crippen molar-refractivity contribution in [2.75, 3.05) is 18.2 Å². The molecule has 1 N–H and O–H groups in total. The minimum Gasteiger partial charge on any atom is -0.497 e. The standard InChI is InChI=1S/C23H22F2N6O2S/c1-4-31-22(17-12-30(2)29-21(17)14-6-5-7-16(10-14)33-3)27-28-23(31)34-13-20(32)26-19-11-15(24)8-9-18(19)25/h5-12H,4,13H2,1-3H3,(H,26,32). The predicted octanol–water partition coefficient (Wildman–Crippen LogP) is 4.38. The number of methoxy groups -OCH3 is 1. The van der Waals surface area contributed by atoms with E-state index in [4.69, 9.17) is 4.74 Å². The van der Waals surface area contributed by atoms with Crippen molar-refractivity contribution in [3.05, 3.63) is 60.3 Å². The maximum absolute atomic E-state index is 13.8. The average molecular weight is 485 g/mol. The number of aryl methyl sites for hydroxylation is 1. The van der Waals surface area contributed by atoms with Gasteiger partial charge in [-0.1, -0.05) is 23.9 Å². The Bertz CT molecular complexity index is 1340. The number of rotatable bonds is 8. The number of ether oxygens (including phenoxy) is 1. The molecule has 0 aliphatic carbocycles. The molecular weight excluding hydrogens is 462 g/mol. The second-order valence-corrected chi connectivity index (χ2v) is 8.25. The number of thioether (sulfide) groups is 1. The Morgan fingerprint density at radius 1 is 1.18 bits per heavy atom. The number of carbonyl (C=O) groups is 1. The van der Waals surface area contributed by atoms with Crippen molar-refractivity contribution in [2.45, 2.75) is 18.6 Å². The van der Waals surface area contributed by atoms with Crippen LogP contribution >= 0.6 is 11.8 Å². The zero-order chi connectivity index (χ0) is 24.2. The Hall–Kier alpha value is -3.73. The number of nitrogens with zero attached hydrogens (tertiary/aromatic N) is 5. The maximum Gasteiger partial charge on any atom is 0.234 e. The highest BCUT2D eigenvalue weighted by Crippen LogP contribution is 2.33. The molecule has 0 bridgehead atoms. The highest BCUT2D eigenvalue weighted by atomic mass is 32.2. The third-order valence-corrected chi connectivity index (χ3v) is 5.95. The molecule has 0 saturated carbocycles. The van der Waals surface area contributed by atoms with Crippen LogP contribution in [0.5, 0.6) is 5.75 Å². The van der Waals surface area contributed by atoms with E-state index in [1.165, 1.54) is 0 Å². The fraction of sp³-hybridized carbons (Fsp3) is 0.217. The second-order valence-electron chi connectivity index (χ2n) is 7.31. The molecule has 11 heteroatoms. The van der Waals surface area contributed by atoms with Gasteiger partial charge < -0.3 is 14.6 Å². The smallest absolute Gasteiger partial charge is 0.234 e. The van der Waals surface area contributed by atoms with Crippen LogP contribution in [-0.4, -0.2) is 43.3 Å². The molecule has 2 aromatic carbocycles. The van der Waals surface area contributed by atoms with E-state index in [-0.39, 0.29) is 11.4 Å². The van der Waals surface area contributed by atoms with Crippen LogP contribution in [0.25, 0.3) is 22.6 Å². The molecule has 0 saturated heterocycles. The van der Waals surface area contributed by atoms with Gasteiger partial charge in [-0.05, 0) is 31.2 Å². The van der Waals surface area contributed by atoms with E-state index in [2.05, 4.69) is 20.6 Å². The minimum absolute atomic E-state index is 0.0517. The molecule has 0 unspecified atom stereocenters. The summed E-state index contributed by atoms with van der Waals surface area (Å²) in [5, 5.41) is 16.1. The summed E-state index contributed by atoms with van der Waals surface area (Å²) in [7, 11) is 3.43. The number of anilines is 1. The predicted molar refractivity (Wildman–Crippen MR) is 126 cm³/mol. The molecule has 8 nitrogen and oxygen atoms in total. The lowest BCUT2D eigenvalue weighted by molar-refractivity contribution is -0.113. The molecule has 0 aliphatic heterocycles. The van der Waals surface area contributed by atoms with Crippen molar-refractivity contribution in [2.24, 2.45) is 7.05 Å². The molecule has 0 fully saturated rings. The highest BCUT2D eigenvalue weighted by Gasteiger charge is 2.21. The zero-order valence-electron chi connectivity index (χ0n) is 18.7. The largest absolute Gasteiger partial charge is 0.497 e. The topological polar surface area (TPSA) is 86.9 Å². The summed E-state index contributed by atoms with van der Waals surface area (Å²) >= 11 is 1.15. The van der Waals surface area contributed by atoms with Gasteiger partial charge in [0.25, 0.3) is 0 Å². The Labute approximate surface area is 199 Å². The Balaban J connectivity index is 1.56. The number of nitrogens with one attached hydrogen (secondary N) is 1. The summed E-state index contributed by atoms with van der Waals surface area (Å²) < 4.78 is 36.1.